The van der Waals surface area contributed by atoms with Crippen molar-refractivity contribution in [3.05, 3.63) is 10.8 Å². The molecule has 1 heterocycles. The van der Waals surface area contributed by atoms with E-state index in [1.165, 1.54) is 0 Å². The maximum atomic E-state index is 11.7. The van der Waals surface area contributed by atoms with Crippen LogP contribution in [0.15, 0.2) is 9.46 Å². The minimum absolute atomic E-state index is 0.0326. The molecular formula is C12H21ClN8O3S. The minimum atomic E-state index is -2.66. The molecule has 0 fully saturated rings. The average Bonchev–Trinajstić information content (AvgIpc) is 2.45. The molecule has 1 rings (SSSR count). The molecule has 13 heteroatoms. The predicted molar refractivity (Wildman–Crippen MR) is 96.8 cm³/mol. The Hall–Kier alpha value is -2.31. The Kier molecular flexibility index (Phi) is 10.2. The lowest BCUT2D eigenvalue weighted by Crippen LogP contribution is -2.15. The van der Waals surface area contributed by atoms with Gasteiger partial charge >= 0.3 is 16.4 Å². The molecule has 0 unspecified atom stereocenters. The Morgan fingerprint density at radius 3 is 2.32 bits per heavy atom. The van der Waals surface area contributed by atoms with Gasteiger partial charge in [0.15, 0.2) is 22.5 Å². The lowest BCUT2D eigenvalue weighted by Gasteiger charge is -2.11. The molecule has 0 bridgehead atoms. The fourth-order valence-corrected chi connectivity index (χ4v) is 1.48. The molecular weight excluding hydrogens is 372 g/mol. The van der Waals surface area contributed by atoms with Crippen LogP contribution in [0.2, 0.25) is 5.15 Å². The molecule has 11 nitrogen and oxygen atoms in total. The van der Waals surface area contributed by atoms with Crippen LogP contribution >= 0.6 is 11.6 Å². The van der Waals surface area contributed by atoms with E-state index in [0.29, 0.717) is 6.04 Å². The summed E-state index contributed by atoms with van der Waals surface area (Å²) in [5.74, 6) is -0.758. The van der Waals surface area contributed by atoms with Gasteiger partial charge in [0.2, 0.25) is 0 Å². The van der Waals surface area contributed by atoms with Gasteiger partial charge in [-0.15, -0.1) is 0 Å². The Balaban J connectivity index is 0.00000129. The number of aromatic nitrogens is 2. The van der Waals surface area contributed by atoms with Crippen molar-refractivity contribution in [2.45, 2.75) is 39.8 Å². The normalized spacial score (nSPS) is 10.4. The highest BCUT2D eigenvalue weighted by molar-refractivity contribution is 7.61. The van der Waals surface area contributed by atoms with Gasteiger partial charge < -0.3 is 16.8 Å². The van der Waals surface area contributed by atoms with E-state index in [0.717, 1.165) is 6.34 Å². The summed E-state index contributed by atoms with van der Waals surface area (Å²) >= 11 is 5.88. The second-order valence-corrected chi connectivity index (χ2v) is 6.12. The smallest absolute Gasteiger partial charge is 0.332 e. The van der Waals surface area contributed by atoms with Gasteiger partial charge in [0.05, 0.1) is 0 Å². The van der Waals surface area contributed by atoms with Crippen molar-refractivity contribution in [1.29, 1.82) is 0 Å². The Morgan fingerprint density at radius 1 is 1.28 bits per heavy atom. The van der Waals surface area contributed by atoms with Crippen molar-refractivity contribution in [3.63, 3.8) is 0 Å². The number of nitrogen functional groups attached to an aromatic ring is 1. The zero-order chi connectivity index (χ0) is 19.6. The molecule has 1 aromatic heterocycles. The molecule has 140 valence electrons. The van der Waals surface area contributed by atoms with Crippen LogP contribution in [-0.4, -0.2) is 42.7 Å². The lowest BCUT2D eigenvalue weighted by molar-refractivity contribution is 0.0999. The highest BCUT2D eigenvalue weighted by Crippen LogP contribution is 2.21. The first-order valence-electron chi connectivity index (χ1n) is 7.02. The number of amides is 1. The first kappa shape index (κ1) is 22.7. The molecule has 25 heavy (non-hydrogen) atoms. The first-order valence-corrected chi connectivity index (χ1v) is 8.43. The third-order valence-corrected chi connectivity index (χ3v) is 2.39. The number of rotatable bonds is 5. The van der Waals surface area contributed by atoms with Gasteiger partial charge in [-0.3, -0.25) is 10.2 Å². The van der Waals surface area contributed by atoms with Gasteiger partial charge in [0.1, 0.15) is 6.34 Å². The number of nitrogens with two attached hydrogens (primary N) is 2. The van der Waals surface area contributed by atoms with Crippen molar-refractivity contribution < 1.29 is 13.2 Å². The number of carbonyl (C=O) groups is 1. The predicted octanol–water partition coefficient (Wildman–Crippen LogP) is 0.622. The Labute approximate surface area is 151 Å². The number of anilines is 2. The van der Waals surface area contributed by atoms with Crippen LogP contribution in [0.25, 0.3) is 0 Å². The number of nitrogens with zero attached hydrogens (tertiary/aromatic N) is 4. The summed E-state index contributed by atoms with van der Waals surface area (Å²) in [5, 5.41) is 2.88. The number of hydrogen-bond donors (Lipinski definition) is 4. The zero-order valence-corrected chi connectivity index (χ0v) is 15.8. The van der Waals surface area contributed by atoms with Crippen molar-refractivity contribution in [1.82, 2.24) is 15.4 Å². The van der Waals surface area contributed by atoms with E-state index in [2.05, 4.69) is 24.7 Å². The van der Waals surface area contributed by atoms with Gasteiger partial charge in [0, 0.05) is 6.04 Å². The summed E-state index contributed by atoms with van der Waals surface area (Å²) in [6, 6.07) is 0.384. The van der Waals surface area contributed by atoms with Crippen LogP contribution in [-0.2, 0) is 10.5 Å². The standard InChI is InChI=1S/C9H12ClN7O3S.C3H9N/c1-4(2)14-8-6(10)15-5(7(11)16-8)9(18)12-3-13-17-21(19)20;1-3(2)4/h3-4H,1-2H3,(H3,11,14,16)(H,12,13,18);3H,4H2,1-2H3. The van der Waals surface area contributed by atoms with E-state index >= 15 is 0 Å². The van der Waals surface area contributed by atoms with E-state index in [-0.39, 0.29) is 28.5 Å². The summed E-state index contributed by atoms with van der Waals surface area (Å²) in [7, 11) is -2.66. The minimum Gasteiger partial charge on any atom is -0.382 e. The molecule has 0 saturated carbocycles. The van der Waals surface area contributed by atoms with Gasteiger partial charge in [-0.25, -0.2) is 9.97 Å². The first-order chi connectivity index (χ1) is 11.5. The maximum Gasteiger partial charge on any atom is 0.332 e. The van der Waals surface area contributed by atoms with Crippen LogP contribution in [0, 0.1) is 0 Å². The zero-order valence-electron chi connectivity index (χ0n) is 14.2. The van der Waals surface area contributed by atoms with E-state index in [9.17, 15) is 13.2 Å². The summed E-state index contributed by atoms with van der Waals surface area (Å²) in [6.07, 6.45) is 0.771. The molecule has 1 amide bonds. The number of hydrogen-bond acceptors (Lipinski definition) is 9. The second kappa shape index (κ2) is 11.3. The SMILES string of the molecule is CC(C)N.CC(C)Nc1nc(N)c(C(=O)N=CNN=S(=O)=O)nc1Cl. The van der Waals surface area contributed by atoms with Crippen LogP contribution in [0.4, 0.5) is 11.6 Å². The van der Waals surface area contributed by atoms with E-state index in [1.807, 2.05) is 33.1 Å². The number of aliphatic imine (C=N–C) groups is 1. The number of halogens is 1. The third kappa shape index (κ3) is 10.2. The van der Waals surface area contributed by atoms with E-state index in [1.54, 1.807) is 0 Å². The topological polar surface area (TPSA) is 178 Å². The molecule has 0 saturated heterocycles. The molecule has 0 aliphatic rings. The second-order valence-electron chi connectivity index (χ2n) is 5.14. The molecule has 0 aromatic carbocycles. The molecule has 0 spiro atoms. The van der Waals surface area contributed by atoms with Gasteiger partial charge in [-0.05, 0) is 19.9 Å². The highest BCUT2D eigenvalue weighted by atomic mass is 35.5. The van der Waals surface area contributed by atoms with Crippen molar-refractivity contribution in [2.75, 3.05) is 11.1 Å². The Morgan fingerprint density at radius 2 is 1.84 bits per heavy atom. The fraction of sp³-hybridized carbons (Fsp3) is 0.500. The number of nitrogens with one attached hydrogen (secondary N) is 2. The summed E-state index contributed by atoms with van der Waals surface area (Å²) in [4.78, 5) is 22.8. The van der Waals surface area contributed by atoms with E-state index in [4.69, 9.17) is 23.1 Å². The summed E-state index contributed by atoms with van der Waals surface area (Å²) in [6.45, 7) is 7.62. The largest absolute Gasteiger partial charge is 0.382 e. The van der Waals surface area contributed by atoms with Crippen LogP contribution in [0.1, 0.15) is 38.2 Å². The maximum absolute atomic E-state index is 11.7. The van der Waals surface area contributed by atoms with Crippen LogP contribution in [0.3, 0.4) is 0 Å². The fourth-order valence-electron chi connectivity index (χ4n) is 1.17. The van der Waals surface area contributed by atoms with Crippen molar-refractivity contribution >= 4 is 46.0 Å². The van der Waals surface area contributed by atoms with Crippen LogP contribution < -0.4 is 22.2 Å². The average molecular weight is 393 g/mol. The molecule has 6 N–H and O–H groups in total. The van der Waals surface area contributed by atoms with Crippen molar-refractivity contribution in [3.8, 4) is 0 Å². The molecule has 0 aliphatic carbocycles. The monoisotopic (exact) mass is 392 g/mol. The van der Waals surface area contributed by atoms with Gasteiger partial charge in [-0.1, -0.05) is 29.9 Å². The van der Waals surface area contributed by atoms with Crippen molar-refractivity contribution in [2.24, 2.45) is 15.2 Å². The summed E-state index contributed by atoms with van der Waals surface area (Å²) < 4.78 is 23.0. The summed E-state index contributed by atoms with van der Waals surface area (Å²) in [5.41, 5.74) is 12.4. The van der Waals surface area contributed by atoms with Gasteiger partial charge in [-0.2, -0.15) is 13.4 Å². The quantitative estimate of drug-likeness (QED) is 0.317. The third-order valence-electron chi connectivity index (χ3n) is 1.87. The highest BCUT2D eigenvalue weighted by Gasteiger charge is 2.16. The molecule has 0 aliphatic heterocycles. The Bertz CT molecular complexity index is 738. The number of carbonyl (C=O) groups excluding carboxylic acids is 1. The lowest BCUT2D eigenvalue weighted by atomic mass is 10.3. The molecule has 0 radical (unpaired) electrons. The van der Waals surface area contributed by atoms with E-state index < -0.39 is 16.4 Å². The van der Waals surface area contributed by atoms with Crippen LogP contribution in [0.5, 0.6) is 0 Å². The molecule has 0 atom stereocenters. The molecule has 1 aromatic rings. The van der Waals surface area contributed by atoms with Gasteiger partial charge in [0.25, 0.3) is 0 Å².